The van der Waals surface area contributed by atoms with Crippen molar-refractivity contribution in [3.8, 4) is 0 Å². The smallest absolute Gasteiger partial charge is 0.335 e. The van der Waals surface area contributed by atoms with E-state index in [2.05, 4.69) is 0 Å². The molecule has 1 aliphatic rings. The van der Waals surface area contributed by atoms with E-state index < -0.39 is 0 Å². The minimum Gasteiger partial charge on any atom is -0.458 e. The number of carbonyl (C=O) groups is 1. The molecule has 0 N–H and O–H groups in total. The Morgan fingerprint density at radius 2 is 2.25 bits per heavy atom. The van der Waals surface area contributed by atoms with Gasteiger partial charge < -0.3 is 4.74 Å². The summed E-state index contributed by atoms with van der Waals surface area (Å²) in [6, 6.07) is 0. The molecule has 0 aliphatic carbocycles. The number of carbonyl (C=O) groups excluding carboxylic acids is 1. The zero-order valence-corrected chi connectivity index (χ0v) is 7.84. The number of hydrogen-bond donors (Lipinski definition) is 0. The van der Waals surface area contributed by atoms with Crippen molar-refractivity contribution in [3.63, 3.8) is 0 Å². The van der Waals surface area contributed by atoms with Gasteiger partial charge in [-0.05, 0) is 13.8 Å². The predicted octanol–water partition coefficient (Wildman–Crippen LogP) is 2.25. The SMILES string of the molecule is C/C=C/[C@@H]1/C(=C/Cl)C(=O)O[C@H]1C. The van der Waals surface area contributed by atoms with E-state index in [9.17, 15) is 4.79 Å². The summed E-state index contributed by atoms with van der Waals surface area (Å²) in [5.41, 5.74) is 1.85. The minimum absolute atomic E-state index is 0.0139. The molecule has 0 spiro atoms. The van der Waals surface area contributed by atoms with E-state index in [0.717, 1.165) is 0 Å². The van der Waals surface area contributed by atoms with Crippen LogP contribution in [0.5, 0.6) is 0 Å². The maximum atomic E-state index is 11.1. The summed E-state index contributed by atoms with van der Waals surface area (Å²) in [6.45, 7) is 3.76. The fraction of sp³-hybridized carbons (Fsp3) is 0.444. The highest BCUT2D eigenvalue weighted by Gasteiger charge is 2.34. The lowest BCUT2D eigenvalue weighted by Gasteiger charge is -2.06. The molecule has 2 atom stereocenters. The summed E-state index contributed by atoms with van der Waals surface area (Å²) in [5, 5.41) is 0. The maximum absolute atomic E-state index is 11.1. The van der Waals surface area contributed by atoms with E-state index in [1.54, 1.807) is 0 Å². The van der Waals surface area contributed by atoms with Crippen molar-refractivity contribution in [2.45, 2.75) is 20.0 Å². The van der Waals surface area contributed by atoms with Crippen LogP contribution in [0.2, 0.25) is 0 Å². The summed E-state index contributed by atoms with van der Waals surface area (Å²) in [5.74, 6) is -0.291. The second-order valence-electron chi connectivity index (χ2n) is 2.73. The number of rotatable bonds is 1. The van der Waals surface area contributed by atoms with Gasteiger partial charge in [0.25, 0.3) is 0 Å². The summed E-state index contributed by atoms with van der Waals surface area (Å²) in [7, 11) is 0. The van der Waals surface area contributed by atoms with Crippen LogP contribution in [0.15, 0.2) is 23.3 Å². The second kappa shape index (κ2) is 3.76. The predicted molar refractivity (Wildman–Crippen MR) is 47.8 cm³/mol. The van der Waals surface area contributed by atoms with Gasteiger partial charge in [0.15, 0.2) is 0 Å². The highest BCUT2D eigenvalue weighted by molar-refractivity contribution is 6.27. The van der Waals surface area contributed by atoms with Gasteiger partial charge >= 0.3 is 5.97 Å². The standard InChI is InChI=1S/C9H11ClO2/c1-3-4-7-6(2)12-9(11)8(7)5-10/h3-7H,1-2H3/b4-3+,8-5-/t6-,7-/m0/s1. The molecule has 2 nitrogen and oxygen atoms in total. The van der Waals surface area contributed by atoms with E-state index in [1.165, 1.54) is 5.54 Å². The summed E-state index contributed by atoms with van der Waals surface area (Å²) in [4.78, 5) is 11.1. The Labute approximate surface area is 76.9 Å². The first kappa shape index (κ1) is 9.33. The van der Waals surface area contributed by atoms with Crippen LogP contribution in [0, 0.1) is 5.92 Å². The zero-order chi connectivity index (χ0) is 9.14. The molecule has 12 heavy (non-hydrogen) atoms. The Kier molecular flexibility index (Phi) is 2.93. The first-order valence-corrected chi connectivity index (χ1v) is 4.28. The van der Waals surface area contributed by atoms with Gasteiger partial charge in [-0.25, -0.2) is 4.79 Å². The van der Waals surface area contributed by atoms with Gasteiger partial charge in [-0.1, -0.05) is 23.8 Å². The van der Waals surface area contributed by atoms with E-state index in [1.807, 2.05) is 26.0 Å². The summed E-state index contributed by atoms with van der Waals surface area (Å²) in [6.07, 6.45) is 3.71. The van der Waals surface area contributed by atoms with Gasteiger partial charge in [0.2, 0.25) is 0 Å². The van der Waals surface area contributed by atoms with Gasteiger partial charge in [-0.2, -0.15) is 0 Å². The number of esters is 1. The van der Waals surface area contributed by atoms with Gasteiger partial charge in [0.05, 0.1) is 5.57 Å². The number of ether oxygens (including phenoxy) is 1. The molecule has 0 aromatic heterocycles. The van der Waals surface area contributed by atoms with Crippen LogP contribution >= 0.6 is 11.6 Å². The molecule has 0 amide bonds. The van der Waals surface area contributed by atoms with Crippen molar-refractivity contribution in [2.24, 2.45) is 5.92 Å². The fourth-order valence-electron chi connectivity index (χ4n) is 1.28. The molecular formula is C9H11ClO2. The molecule has 1 fully saturated rings. The highest BCUT2D eigenvalue weighted by atomic mass is 35.5. The maximum Gasteiger partial charge on any atom is 0.335 e. The molecule has 0 saturated carbocycles. The molecular weight excluding hydrogens is 176 g/mol. The number of hydrogen-bond acceptors (Lipinski definition) is 2. The molecule has 1 aliphatic heterocycles. The van der Waals surface area contributed by atoms with Crippen LogP contribution in [-0.4, -0.2) is 12.1 Å². The van der Waals surface area contributed by atoms with E-state index >= 15 is 0 Å². The molecule has 3 heteroatoms. The zero-order valence-electron chi connectivity index (χ0n) is 7.08. The van der Waals surface area contributed by atoms with Crippen molar-refractivity contribution in [1.29, 1.82) is 0 Å². The third kappa shape index (κ3) is 1.53. The van der Waals surface area contributed by atoms with Crippen LogP contribution < -0.4 is 0 Å². The average molecular weight is 187 g/mol. The second-order valence-corrected chi connectivity index (χ2v) is 2.94. The van der Waals surface area contributed by atoms with Crippen LogP contribution in [0.3, 0.4) is 0 Å². The first-order chi connectivity index (χ1) is 5.70. The Hall–Kier alpha value is -0.760. The molecule has 0 radical (unpaired) electrons. The number of cyclic esters (lactones) is 1. The van der Waals surface area contributed by atoms with Crippen molar-refractivity contribution >= 4 is 17.6 Å². The van der Waals surface area contributed by atoms with Crippen molar-refractivity contribution in [2.75, 3.05) is 0 Å². The van der Waals surface area contributed by atoms with Gasteiger partial charge in [-0.15, -0.1) is 0 Å². The lowest BCUT2D eigenvalue weighted by Crippen LogP contribution is -2.08. The Balaban J connectivity index is 2.90. The van der Waals surface area contributed by atoms with Gasteiger partial charge in [-0.3, -0.25) is 0 Å². The molecule has 1 rings (SSSR count). The Bertz CT molecular complexity index is 243. The topological polar surface area (TPSA) is 26.3 Å². The molecule has 0 bridgehead atoms. The third-order valence-electron chi connectivity index (χ3n) is 1.91. The van der Waals surface area contributed by atoms with E-state index in [0.29, 0.717) is 5.57 Å². The summed E-state index contributed by atoms with van der Waals surface area (Å²) >= 11 is 5.50. The van der Waals surface area contributed by atoms with Crippen LogP contribution in [-0.2, 0) is 9.53 Å². The number of allylic oxidation sites excluding steroid dienone is 1. The van der Waals surface area contributed by atoms with Crippen LogP contribution in [0.1, 0.15) is 13.8 Å². The third-order valence-corrected chi connectivity index (χ3v) is 2.15. The van der Waals surface area contributed by atoms with E-state index in [-0.39, 0.29) is 18.0 Å². The van der Waals surface area contributed by atoms with Crippen LogP contribution in [0.25, 0.3) is 0 Å². The fourth-order valence-corrected chi connectivity index (χ4v) is 1.52. The van der Waals surface area contributed by atoms with Crippen LogP contribution in [0.4, 0.5) is 0 Å². The Morgan fingerprint density at radius 3 is 2.75 bits per heavy atom. The lowest BCUT2D eigenvalue weighted by molar-refractivity contribution is -0.138. The molecule has 0 aromatic carbocycles. The van der Waals surface area contributed by atoms with E-state index in [4.69, 9.17) is 16.3 Å². The molecule has 1 saturated heterocycles. The Morgan fingerprint density at radius 1 is 1.58 bits per heavy atom. The highest BCUT2D eigenvalue weighted by Crippen LogP contribution is 2.29. The van der Waals surface area contributed by atoms with Crippen molar-refractivity contribution in [3.05, 3.63) is 23.3 Å². The quantitative estimate of drug-likeness (QED) is 0.357. The normalized spacial score (nSPS) is 33.2. The molecule has 66 valence electrons. The monoisotopic (exact) mass is 186 g/mol. The first-order valence-electron chi connectivity index (χ1n) is 3.84. The molecule has 0 aromatic rings. The largest absolute Gasteiger partial charge is 0.458 e. The molecule has 1 heterocycles. The molecule has 0 unspecified atom stereocenters. The number of halogens is 1. The van der Waals surface area contributed by atoms with Crippen molar-refractivity contribution < 1.29 is 9.53 Å². The summed E-state index contributed by atoms with van der Waals surface area (Å²) < 4.78 is 4.99. The lowest BCUT2D eigenvalue weighted by atomic mass is 9.98. The van der Waals surface area contributed by atoms with Crippen molar-refractivity contribution in [1.82, 2.24) is 0 Å². The van der Waals surface area contributed by atoms with Gasteiger partial charge in [0, 0.05) is 11.5 Å². The van der Waals surface area contributed by atoms with Gasteiger partial charge in [0.1, 0.15) is 6.10 Å². The minimum atomic E-state index is -0.305. The average Bonchev–Trinajstić information content (AvgIpc) is 2.28.